The van der Waals surface area contributed by atoms with Crippen molar-refractivity contribution in [3.8, 4) is 10.4 Å². The van der Waals surface area contributed by atoms with Gasteiger partial charge in [-0.2, -0.15) is 0 Å². The van der Waals surface area contributed by atoms with E-state index in [1.807, 2.05) is 29.5 Å². The average Bonchev–Trinajstić information content (AvgIpc) is 2.74. The highest BCUT2D eigenvalue weighted by Crippen LogP contribution is 2.32. The molecule has 0 bridgehead atoms. The minimum Gasteiger partial charge on any atom is -0.135 e. The van der Waals surface area contributed by atoms with Crippen LogP contribution in [0.4, 0.5) is 0 Å². The van der Waals surface area contributed by atoms with Crippen LogP contribution in [0.15, 0.2) is 54.6 Å². The van der Waals surface area contributed by atoms with Crippen molar-refractivity contribution in [1.82, 2.24) is 0 Å². The standard InChI is InChI=1S/C14H9S/c1-2-6-11(7-3-1)14-10-12-8-4-5-9-13(12)15-14/h1-7,9-10H. The molecule has 0 spiro atoms. The fraction of sp³-hybridized carbons (Fsp3) is 0. The molecule has 0 atom stereocenters. The van der Waals surface area contributed by atoms with Crippen molar-refractivity contribution in [3.05, 3.63) is 60.7 Å². The van der Waals surface area contributed by atoms with E-state index in [0.29, 0.717) is 0 Å². The van der Waals surface area contributed by atoms with Crippen LogP contribution in [0.25, 0.3) is 20.5 Å². The van der Waals surface area contributed by atoms with Gasteiger partial charge in [-0.05, 0) is 23.8 Å². The zero-order valence-electron chi connectivity index (χ0n) is 8.10. The van der Waals surface area contributed by atoms with Gasteiger partial charge in [0, 0.05) is 15.0 Å². The van der Waals surface area contributed by atoms with Crippen molar-refractivity contribution in [3.63, 3.8) is 0 Å². The summed E-state index contributed by atoms with van der Waals surface area (Å²) in [5.74, 6) is 0. The molecule has 0 saturated carbocycles. The van der Waals surface area contributed by atoms with Crippen molar-refractivity contribution in [2.75, 3.05) is 0 Å². The van der Waals surface area contributed by atoms with Gasteiger partial charge < -0.3 is 0 Å². The zero-order chi connectivity index (χ0) is 10.1. The van der Waals surface area contributed by atoms with Gasteiger partial charge in [-0.3, -0.25) is 0 Å². The number of fused-ring (bicyclic) bond motifs is 1. The lowest BCUT2D eigenvalue weighted by Crippen LogP contribution is -1.67. The highest BCUT2D eigenvalue weighted by Gasteiger charge is 2.02. The molecule has 0 N–H and O–H groups in total. The van der Waals surface area contributed by atoms with Crippen LogP contribution in [0, 0.1) is 6.07 Å². The van der Waals surface area contributed by atoms with Gasteiger partial charge in [0.1, 0.15) is 0 Å². The highest BCUT2D eigenvalue weighted by molar-refractivity contribution is 7.22. The fourth-order valence-electron chi connectivity index (χ4n) is 1.66. The molecule has 1 heterocycles. The molecule has 3 rings (SSSR count). The Balaban J connectivity index is 2.21. The predicted octanol–water partition coefficient (Wildman–Crippen LogP) is 4.37. The second-order valence-corrected chi connectivity index (χ2v) is 4.51. The topological polar surface area (TPSA) is 0 Å². The van der Waals surface area contributed by atoms with Crippen LogP contribution in [0.2, 0.25) is 0 Å². The van der Waals surface area contributed by atoms with Crippen LogP contribution in [0.5, 0.6) is 0 Å². The molecule has 3 aromatic rings. The predicted molar refractivity (Wildman–Crippen MR) is 66.1 cm³/mol. The maximum absolute atomic E-state index is 3.25. The van der Waals surface area contributed by atoms with Crippen molar-refractivity contribution >= 4 is 21.4 Å². The molecule has 0 fully saturated rings. The summed E-state index contributed by atoms with van der Waals surface area (Å²) in [6.07, 6.45) is 0. The number of rotatable bonds is 1. The highest BCUT2D eigenvalue weighted by atomic mass is 32.1. The SMILES string of the molecule is [c]1cccc2sc(-c3ccccc3)cc12. The first-order chi connectivity index (χ1) is 7.43. The Bertz CT molecular complexity index is 545. The number of hydrogen-bond donors (Lipinski definition) is 0. The summed E-state index contributed by atoms with van der Waals surface area (Å²) in [7, 11) is 0. The molecule has 0 saturated heterocycles. The molecule has 0 aliphatic rings. The molecule has 0 aliphatic carbocycles. The zero-order valence-corrected chi connectivity index (χ0v) is 8.92. The summed E-state index contributed by atoms with van der Waals surface area (Å²) in [5, 5.41) is 1.21. The van der Waals surface area contributed by atoms with Gasteiger partial charge in [0.2, 0.25) is 0 Å². The summed E-state index contributed by atoms with van der Waals surface area (Å²) in [6, 6.07) is 22.1. The van der Waals surface area contributed by atoms with E-state index >= 15 is 0 Å². The van der Waals surface area contributed by atoms with Gasteiger partial charge in [0.15, 0.2) is 0 Å². The van der Waals surface area contributed by atoms with Gasteiger partial charge in [0.05, 0.1) is 0 Å². The molecular formula is C14H9S. The van der Waals surface area contributed by atoms with Crippen LogP contribution < -0.4 is 0 Å². The normalized spacial score (nSPS) is 10.7. The van der Waals surface area contributed by atoms with Gasteiger partial charge in [0.25, 0.3) is 0 Å². The van der Waals surface area contributed by atoms with Crippen molar-refractivity contribution in [2.24, 2.45) is 0 Å². The maximum atomic E-state index is 3.25. The lowest BCUT2D eigenvalue weighted by Gasteiger charge is -1.93. The van der Waals surface area contributed by atoms with Crippen LogP contribution in [-0.2, 0) is 0 Å². The molecule has 0 amide bonds. The van der Waals surface area contributed by atoms with E-state index in [1.165, 1.54) is 20.5 Å². The van der Waals surface area contributed by atoms with E-state index in [9.17, 15) is 0 Å². The summed E-state index contributed by atoms with van der Waals surface area (Å²) in [4.78, 5) is 1.31. The Hall–Kier alpha value is -1.60. The van der Waals surface area contributed by atoms with Crippen molar-refractivity contribution in [2.45, 2.75) is 0 Å². The molecule has 1 heteroatoms. The van der Waals surface area contributed by atoms with Crippen molar-refractivity contribution < 1.29 is 0 Å². The van der Waals surface area contributed by atoms with Crippen LogP contribution >= 0.6 is 11.3 Å². The van der Waals surface area contributed by atoms with E-state index in [4.69, 9.17) is 0 Å². The average molecular weight is 209 g/mol. The van der Waals surface area contributed by atoms with E-state index in [2.05, 4.69) is 42.5 Å². The molecular weight excluding hydrogens is 200 g/mol. The second-order valence-electron chi connectivity index (χ2n) is 3.42. The summed E-state index contributed by atoms with van der Waals surface area (Å²) < 4.78 is 1.30. The first kappa shape index (κ1) is 8.69. The first-order valence-electron chi connectivity index (χ1n) is 4.89. The number of hydrogen-bond acceptors (Lipinski definition) is 1. The molecule has 2 aromatic carbocycles. The molecule has 1 aromatic heterocycles. The van der Waals surface area contributed by atoms with Gasteiger partial charge >= 0.3 is 0 Å². The van der Waals surface area contributed by atoms with Gasteiger partial charge in [-0.25, -0.2) is 0 Å². The Kier molecular flexibility index (Phi) is 2.04. The van der Waals surface area contributed by atoms with E-state index in [1.54, 1.807) is 0 Å². The van der Waals surface area contributed by atoms with Gasteiger partial charge in [-0.15, -0.1) is 11.3 Å². The minimum atomic E-state index is 1.21. The lowest BCUT2D eigenvalue weighted by molar-refractivity contribution is 1.70. The first-order valence-corrected chi connectivity index (χ1v) is 5.71. The van der Waals surface area contributed by atoms with Crippen molar-refractivity contribution in [1.29, 1.82) is 0 Å². The third-order valence-corrected chi connectivity index (χ3v) is 3.55. The Morgan fingerprint density at radius 2 is 1.80 bits per heavy atom. The third-order valence-electron chi connectivity index (χ3n) is 2.40. The summed E-state index contributed by atoms with van der Waals surface area (Å²) in [6.45, 7) is 0. The smallest absolute Gasteiger partial charge is 0.0355 e. The minimum absolute atomic E-state index is 1.21. The van der Waals surface area contributed by atoms with Crippen LogP contribution in [0.1, 0.15) is 0 Å². The monoisotopic (exact) mass is 209 g/mol. The van der Waals surface area contributed by atoms with Crippen LogP contribution in [0.3, 0.4) is 0 Å². The molecule has 0 aliphatic heterocycles. The van der Waals surface area contributed by atoms with E-state index in [0.717, 1.165) is 0 Å². The van der Waals surface area contributed by atoms with Crippen LogP contribution in [-0.4, -0.2) is 0 Å². The van der Waals surface area contributed by atoms with E-state index in [-0.39, 0.29) is 0 Å². The fourth-order valence-corrected chi connectivity index (χ4v) is 2.70. The lowest BCUT2D eigenvalue weighted by atomic mass is 10.2. The summed E-state index contributed by atoms with van der Waals surface area (Å²) in [5.41, 5.74) is 1.28. The molecule has 0 unspecified atom stereocenters. The summed E-state index contributed by atoms with van der Waals surface area (Å²) >= 11 is 1.82. The Morgan fingerprint density at radius 3 is 2.60 bits per heavy atom. The number of thiophene rings is 1. The number of benzene rings is 2. The molecule has 15 heavy (non-hydrogen) atoms. The van der Waals surface area contributed by atoms with E-state index < -0.39 is 0 Å². The second kappa shape index (κ2) is 3.52. The Morgan fingerprint density at radius 1 is 0.933 bits per heavy atom. The maximum Gasteiger partial charge on any atom is 0.0355 e. The molecule has 0 nitrogen and oxygen atoms in total. The Labute approximate surface area is 92.8 Å². The quantitative estimate of drug-likeness (QED) is 0.558. The molecule has 1 radical (unpaired) electrons. The third kappa shape index (κ3) is 1.55. The molecule has 71 valence electrons. The largest absolute Gasteiger partial charge is 0.135 e. The van der Waals surface area contributed by atoms with Gasteiger partial charge in [-0.1, -0.05) is 42.5 Å².